The minimum Gasteiger partial charge on any atom is -0.479 e. The SMILES string of the molecule is C=CCCCCCCCC[C@H]1C[C@]2(OC(=O)[C@@H](O)[C@]2(O)C(=O)O)C(=O)O1. The summed E-state index contributed by atoms with van der Waals surface area (Å²) in [4.78, 5) is 35.3. The normalized spacial score (nSPS) is 33.3. The van der Waals surface area contributed by atoms with Gasteiger partial charge in [-0.3, -0.25) is 0 Å². The molecule has 0 saturated carbocycles. The molecule has 0 bridgehead atoms. The van der Waals surface area contributed by atoms with Crippen molar-refractivity contribution in [3.05, 3.63) is 12.7 Å². The average Bonchev–Trinajstić information content (AvgIpc) is 3.01. The van der Waals surface area contributed by atoms with Crippen LogP contribution in [0.1, 0.15) is 57.8 Å². The predicted molar refractivity (Wildman–Crippen MR) is 89.0 cm³/mol. The fraction of sp³-hybridized carbons (Fsp3) is 0.722. The quantitative estimate of drug-likeness (QED) is 0.296. The van der Waals surface area contributed by atoms with Crippen LogP contribution in [0.3, 0.4) is 0 Å². The number of rotatable bonds is 10. The Kier molecular flexibility index (Phi) is 6.41. The van der Waals surface area contributed by atoms with Crippen molar-refractivity contribution in [1.82, 2.24) is 0 Å². The first kappa shape index (κ1) is 20.4. The number of allylic oxidation sites excluding steroid dienone is 1. The highest BCUT2D eigenvalue weighted by Crippen LogP contribution is 2.46. The van der Waals surface area contributed by atoms with Gasteiger partial charge >= 0.3 is 17.9 Å². The smallest absolute Gasteiger partial charge is 0.354 e. The number of unbranched alkanes of at least 4 members (excludes halogenated alkanes) is 6. The third-order valence-corrected chi connectivity index (χ3v) is 5.14. The van der Waals surface area contributed by atoms with Crippen LogP contribution >= 0.6 is 0 Å². The number of hydrogen-bond acceptors (Lipinski definition) is 7. The number of carboxylic acid groups (broad SMARTS) is 1. The minimum atomic E-state index is -3.04. The minimum absolute atomic E-state index is 0.281. The number of esters is 2. The largest absolute Gasteiger partial charge is 0.479 e. The number of carbonyl (C=O) groups excluding carboxylic acids is 2. The zero-order valence-corrected chi connectivity index (χ0v) is 14.7. The second-order valence-electron chi connectivity index (χ2n) is 6.94. The standard InChI is InChI=1S/C18H26O8/c1-2-3-4-5-6-7-8-9-10-12-11-17(16(23)25-12)18(24,15(21)22)13(19)14(20)26-17/h2,12-13,19,24H,1,3-11H2,(H,21,22)/t12-,13+,17-,18-/m0/s1. The Balaban J connectivity index is 1.87. The Labute approximate surface area is 151 Å². The van der Waals surface area contributed by atoms with Crippen LogP contribution in [0.5, 0.6) is 0 Å². The zero-order valence-electron chi connectivity index (χ0n) is 14.7. The molecule has 0 amide bonds. The Morgan fingerprint density at radius 2 is 1.81 bits per heavy atom. The van der Waals surface area contributed by atoms with Gasteiger partial charge in [-0.25, -0.2) is 14.4 Å². The highest BCUT2D eigenvalue weighted by Gasteiger charge is 2.78. The summed E-state index contributed by atoms with van der Waals surface area (Å²) in [6.45, 7) is 3.68. The molecule has 2 heterocycles. The molecule has 2 saturated heterocycles. The Morgan fingerprint density at radius 3 is 2.42 bits per heavy atom. The summed E-state index contributed by atoms with van der Waals surface area (Å²) in [5, 5.41) is 29.4. The van der Waals surface area contributed by atoms with Gasteiger partial charge in [0.25, 0.3) is 5.60 Å². The van der Waals surface area contributed by atoms with Gasteiger partial charge in [-0.05, 0) is 25.7 Å². The van der Waals surface area contributed by atoms with E-state index in [9.17, 15) is 29.7 Å². The first-order chi connectivity index (χ1) is 12.3. The summed E-state index contributed by atoms with van der Waals surface area (Å²) in [6.07, 6.45) is 6.20. The lowest BCUT2D eigenvalue weighted by Crippen LogP contribution is -2.63. The monoisotopic (exact) mass is 370 g/mol. The molecular weight excluding hydrogens is 344 g/mol. The van der Waals surface area contributed by atoms with Crippen molar-refractivity contribution in [3.63, 3.8) is 0 Å². The molecule has 2 aliphatic rings. The topological polar surface area (TPSA) is 130 Å². The van der Waals surface area contributed by atoms with E-state index >= 15 is 0 Å². The van der Waals surface area contributed by atoms with Gasteiger partial charge in [0.05, 0.1) is 0 Å². The summed E-state index contributed by atoms with van der Waals surface area (Å²) in [5.74, 6) is -4.36. The maximum Gasteiger partial charge on any atom is 0.354 e. The Bertz CT molecular complexity index is 574. The lowest BCUT2D eigenvalue weighted by molar-refractivity contribution is -0.195. The third-order valence-electron chi connectivity index (χ3n) is 5.14. The van der Waals surface area contributed by atoms with Crippen LogP contribution in [0.4, 0.5) is 0 Å². The molecule has 0 aromatic carbocycles. The van der Waals surface area contributed by atoms with E-state index in [-0.39, 0.29) is 6.42 Å². The van der Waals surface area contributed by atoms with Crippen molar-refractivity contribution in [2.75, 3.05) is 0 Å². The van der Waals surface area contributed by atoms with E-state index in [0.717, 1.165) is 44.9 Å². The zero-order chi connectivity index (χ0) is 19.4. The summed E-state index contributed by atoms with van der Waals surface area (Å²) in [7, 11) is 0. The second kappa shape index (κ2) is 8.18. The molecule has 3 N–H and O–H groups in total. The van der Waals surface area contributed by atoms with E-state index in [1.54, 1.807) is 0 Å². The average molecular weight is 370 g/mol. The van der Waals surface area contributed by atoms with Crippen molar-refractivity contribution in [2.45, 2.75) is 81.2 Å². The van der Waals surface area contributed by atoms with Gasteiger partial charge in [-0.1, -0.05) is 31.8 Å². The summed E-state index contributed by atoms with van der Waals surface area (Å²) >= 11 is 0. The van der Waals surface area contributed by atoms with Crippen LogP contribution in [-0.4, -0.2) is 56.6 Å². The molecule has 0 radical (unpaired) electrons. The van der Waals surface area contributed by atoms with Crippen molar-refractivity contribution < 1.29 is 39.2 Å². The molecule has 0 aliphatic carbocycles. The van der Waals surface area contributed by atoms with Crippen molar-refractivity contribution >= 4 is 17.9 Å². The lowest BCUT2D eigenvalue weighted by atomic mass is 9.78. The molecule has 0 aromatic heterocycles. The van der Waals surface area contributed by atoms with Gasteiger partial charge in [-0.2, -0.15) is 0 Å². The number of aliphatic carboxylic acids is 1. The highest BCUT2D eigenvalue weighted by atomic mass is 16.7. The van der Waals surface area contributed by atoms with Gasteiger partial charge in [0.15, 0.2) is 6.10 Å². The molecule has 26 heavy (non-hydrogen) atoms. The van der Waals surface area contributed by atoms with Gasteiger partial charge in [0.2, 0.25) is 5.60 Å². The highest BCUT2D eigenvalue weighted by molar-refractivity contribution is 6.02. The van der Waals surface area contributed by atoms with E-state index in [1.165, 1.54) is 0 Å². The van der Waals surface area contributed by atoms with Crippen LogP contribution < -0.4 is 0 Å². The van der Waals surface area contributed by atoms with Crippen LogP contribution in [0, 0.1) is 0 Å². The maximum atomic E-state index is 12.2. The molecule has 1 spiro atoms. The van der Waals surface area contributed by atoms with Gasteiger partial charge < -0.3 is 24.8 Å². The number of carboxylic acids is 1. The van der Waals surface area contributed by atoms with Crippen LogP contribution in [0.2, 0.25) is 0 Å². The fourth-order valence-electron chi connectivity index (χ4n) is 3.60. The lowest BCUT2D eigenvalue weighted by Gasteiger charge is -2.30. The number of ether oxygens (including phenoxy) is 2. The number of aliphatic hydroxyl groups excluding tert-OH is 1. The first-order valence-electron chi connectivity index (χ1n) is 8.98. The molecule has 8 nitrogen and oxygen atoms in total. The number of aliphatic hydroxyl groups is 2. The van der Waals surface area contributed by atoms with Crippen molar-refractivity contribution in [2.24, 2.45) is 0 Å². The summed E-state index contributed by atoms with van der Waals surface area (Å²) in [5.41, 5.74) is -5.42. The molecule has 8 heteroatoms. The van der Waals surface area contributed by atoms with E-state index in [2.05, 4.69) is 6.58 Å². The van der Waals surface area contributed by atoms with Crippen molar-refractivity contribution in [3.8, 4) is 0 Å². The third kappa shape index (κ3) is 3.48. The molecule has 0 unspecified atom stereocenters. The van der Waals surface area contributed by atoms with Crippen LogP contribution in [-0.2, 0) is 23.9 Å². The molecule has 4 atom stereocenters. The molecule has 0 aromatic rings. The van der Waals surface area contributed by atoms with E-state index in [4.69, 9.17) is 9.47 Å². The van der Waals surface area contributed by atoms with Gasteiger partial charge in [0.1, 0.15) is 6.10 Å². The second-order valence-corrected chi connectivity index (χ2v) is 6.94. The van der Waals surface area contributed by atoms with E-state index in [1.807, 2.05) is 6.08 Å². The van der Waals surface area contributed by atoms with Crippen LogP contribution in [0.15, 0.2) is 12.7 Å². The predicted octanol–water partition coefficient (Wildman–Crippen LogP) is 1.08. The number of carbonyl (C=O) groups is 3. The van der Waals surface area contributed by atoms with Crippen molar-refractivity contribution in [1.29, 1.82) is 0 Å². The molecular formula is C18H26O8. The fourth-order valence-corrected chi connectivity index (χ4v) is 3.60. The Morgan fingerprint density at radius 1 is 1.19 bits per heavy atom. The molecule has 2 fully saturated rings. The molecule has 146 valence electrons. The summed E-state index contributed by atoms with van der Waals surface area (Å²) in [6, 6.07) is 0. The number of hydrogen-bond donors (Lipinski definition) is 3. The number of cyclic esters (lactones) is 1. The molecule has 2 aliphatic heterocycles. The maximum absolute atomic E-state index is 12.2. The van der Waals surface area contributed by atoms with E-state index < -0.39 is 41.3 Å². The first-order valence-corrected chi connectivity index (χ1v) is 8.98. The molecule has 2 rings (SSSR count). The van der Waals surface area contributed by atoms with E-state index in [0.29, 0.717) is 6.42 Å². The van der Waals surface area contributed by atoms with Gasteiger partial charge in [-0.15, -0.1) is 6.58 Å². The van der Waals surface area contributed by atoms with Crippen LogP contribution in [0.25, 0.3) is 0 Å². The Hall–Kier alpha value is -1.93. The van der Waals surface area contributed by atoms with Gasteiger partial charge in [0, 0.05) is 6.42 Å². The summed E-state index contributed by atoms with van der Waals surface area (Å²) < 4.78 is 9.96.